The molecule has 102 valence electrons. The predicted octanol–water partition coefficient (Wildman–Crippen LogP) is 2.19. The predicted molar refractivity (Wildman–Crippen MR) is 75.3 cm³/mol. The lowest BCUT2D eigenvalue weighted by molar-refractivity contribution is 0.0606. The van der Waals surface area contributed by atoms with Crippen LogP contribution in [0.5, 0.6) is 0 Å². The smallest absolute Gasteiger partial charge is 0.348 e. The highest BCUT2D eigenvalue weighted by Gasteiger charge is 2.03. The Morgan fingerprint density at radius 1 is 1.30 bits per heavy atom. The molecule has 2 aromatic rings. The van der Waals surface area contributed by atoms with E-state index in [1.54, 1.807) is 24.3 Å². The number of nitrogens with two attached hydrogens (primary N) is 1. The van der Waals surface area contributed by atoms with Crippen molar-refractivity contribution in [1.82, 2.24) is 0 Å². The fourth-order valence-corrected chi connectivity index (χ4v) is 1.88. The van der Waals surface area contributed by atoms with Gasteiger partial charge in [0.05, 0.1) is 18.7 Å². The zero-order chi connectivity index (χ0) is 15.0. The van der Waals surface area contributed by atoms with Crippen molar-refractivity contribution >= 4 is 23.2 Å². The molecule has 0 radical (unpaired) electrons. The molecule has 20 heavy (non-hydrogen) atoms. The largest absolute Gasteiger partial charge is 0.465 e. The van der Waals surface area contributed by atoms with Crippen LogP contribution in [0.4, 0.5) is 0 Å². The Hall–Kier alpha value is -2.65. The van der Waals surface area contributed by atoms with Crippen LogP contribution in [-0.2, 0) is 4.74 Å². The van der Waals surface area contributed by atoms with Gasteiger partial charge in [-0.3, -0.25) is 4.79 Å². The van der Waals surface area contributed by atoms with Crippen LogP contribution < -0.4 is 5.73 Å². The Labute approximate surface area is 120 Å². The van der Waals surface area contributed by atoms with Crippen LogP contribution in [0.15, 0.2) is 41.8 Å². The minimum Gasteiger partial charge on any atom is -0.465 e. The number of hydrogen-bond acceptors (Lipinski definition) is 5. The molecule has 1 aromatic carbocycles. The first kappa shape index (κ1) is 15.4. The van der Waals surface area contributed by atoms with E-state index in [2.05, 4.69) is 4.74 Å². The first-order chi connectivity index (χ1) is 9.58. The van der Waals surface area contributed by atoms with Gasteiger partial charge < -0.3 is 10.5 Å². The van der Waals surface area contributed by atoms with E-state index in [0.717, 1.165) is 0 Å². The number of primary amides is 1. The lowest BCUT2D eigenvalue weighted by atomic mass is 10.1. The van der Waals surface area contributed by atoms with Crippen LogP contribution in [-0.4, -0.2) is 19.0 Å². The van der Waals surface area contributed by atoms with E-state index < -0.39 is 5.91 Å². The number of ether oxygens (including phenoxy) is 1. The van der Waals surface area contributed by atoms with Gasteiger partial charge in [0.1, 0.15) is 4.88 Å². The summed E-state index contributed by atoms with van der Waals surface area (Å²) in [5, 5.41) is 10.3. The average molecular weight is 288 g/mol. The molecule has 5 nitrogen and oxygen atoms in total. The molecule has 0 saturated heterocycles. The number of esters is 1. The van der Waals surface area contributed by atoms with E-state index in [4.69, 9.17) is 11.0 Å². The molecule has 0 spiro atoms. The highest BCUT2D eigenvalue weighted by Crippen LogP contribution is 2.08. The second kappa shape index (κ2) is 7.71. The lowest BCUT2D eigenvalue weighted by Gasteiger charge is -1.93. The van der Waals surface area contributed by atoms with Gasteiger partial charge in [0.2, 0.25) is 5.91 Å². The SMILES string of the molecule is COC(=O)c1cccs1.N#Cc1cccc(C(N)=O)c1. The fraction of sp³-hybridized carbons (Fsp3) is 0.0714. The molecule has 0 unspecified atom stereocenters. The van der Waals surface area contributed by atoms with Gasteiger partial charge in [-0.2, -0.15) is 5.26 Å². The topological polar surface area (TPSA) is 93.2 Å². The Kier molecular flexibility index (Phi) is 5.94. The van der Waals surface area contributed by atoms with Crippen molar-refractivity contribution in [3.8, 4) is 6.07 Å². The molecule has 6 heteroatoms. The summed E-state index contributed by atoms with van der Waals surface area (Å²) in [7, 11) is 1.38. The number of carbonyl (C=O) groups excluding carboxylic acids is 2. The van der Waals surface area contributed by atoms with E-state index in [-0.39, 0.29) is 5.97 Å². The molecule has 0 bridgehead atoms. The lowest BCUT2D eigenvalue weighted by Crippen LogP contribution is -2.10. The van der Waals surface area contributed by atoms with Crippen molar-refractivity contribution in [3.63, 3.8) is 0 Å². The molecule has 0 aliphatic heterocycles. The zero-order valence-corrected chi connectivity index (χ0v) is 11.5. The number of hydrogen-bond donors (Lipinski definition) is 1. The molecule has 0 saturated carbocycles. The van der Waals surface area contributed by atoms with Gasteiger partial charge >= 0.3 is 5.97 Å². The van der Waals surface area contributed by atoms with Crippen molar-refractivity contribution in [3.05, 3.63) is 57.8 Å². The molecule has 1 amide bonds. The number of thiophene rings is 1. The normalized spacial score (nSPS) is 8.80. The van der Waals surface area contributed by atoms with Gasteiger partial charge in [-0.05, 0) is 29.6 Å². The zero-order valence-electron chi connectivity index (χ0n) is 10.7. The number of nitriles is 1. The molecular weight excluding hydrogens is 276 g/mol. The van der Waals surface area contributed by atoms with Crippen molar-refractivity contribution in [2.45, 2.75) is 0 Å². The Balaban J connectivity index is 0.000000204. The first-order valence-electron chi connectivity index (χ1n) is 5.50. The number of amides is 1. The van der Waals surface area contributed by atoms with Gasteiger partial charge in [0.25, 0.3) is 0 Å². The Morgan fingerprint density at radius 2 is 2.05 bits per heavy atom. The van der Waals surface area contributed by atoms with Gasteiger partial charge in [-0.25, -0.2) is 4.79 Å². The second-order valence-corrected chi connectivity index (χ2v) is 4.47. The molecular formula is C14H12N2O3S. The summed E-state index contributed by atoms with van der Waals surface area (Å²) in [4.78, 5) is 21.9. The molecule has 1 heterocycles. The summed E-state index contributed by atoms with van der Waals surface area (Å²) in [5.74, 6) is -0.771. The third-order valence-electron chi connectivity index (χ3n) is 2.18. The highest BCUT2D eigenvalue weighted by molar-refractivity contribution is 7.11. The fourth-order valence-electron chi connectivity index (χ4n) is 1.24. The molecule has 2 N–H and O–H groups in total. The maximum atomic E-state index is 10.7. The van der Waals surface area contributed by atoms with Crippen LogP contribution >= 0.6 is 11.3 Å². The maximum Gasteiger partial charge on any atom is 0.348 e. The van der Waals surface area contributed by atoms with Crippen LogP contribution in [0.3, 0.4) is 0 Å². The van der Waals surface area contributed by atoms with Crippen molar-refractivity contribution < 1.29 is 14.3 Å². The van der Waals surface area contributed by atoms with E-state index >= 15 is 0 Å². The van der Waals surface area contributed by atoms with Crippen LogP contribution in [0, 0.1) is 11.3 Å². The Bertz CT molecular complexity index is 630. The highest BCUT2D eigenvalue weighted by atomic mass is 32.1. The molecule has 2 rings (SSSR count). The van der Waals surface area contributed by atoms with Crippen LogP contribution in [0.2, 0.25) is 0 Å². The van der Waals surface area contributed by atoms with E-state index in [0.29, 0.717) is 16.0 Å². The number of carbonyl (C=O) groups is 2. The van der Waals surface area contributed by atoms with E-state index in [1.807, 2.05) is 17.5 Å². The van der Waals surface area contributed by atoms with Crippen molar-refractivity contribution in [2.24, 2.45) is 5.73 Å². The molecule has 0 aliphatic carbocycles. The van der Waals surface area contributed by atoms with Gasteiger partial charge in [0, 0.05) is 5.56 Å². The van der Waals surface area contributed by atoms with Crippen LogP contribution in [0.1, 0.15) is 25.6 Å². The minimum absolute atomic E-state index is 0.259. The van der Waals surface area contributed by atoms with Gasteiger partial charge in [-0.1, -0.05) is 12.1 Å². The summed E-state index contributed by atoms with van der Waals surface area (Å²) in [5.41, 5.74) is 5.80. The monoisotopic (exact) mass is 288 g/mol. The maximum absolute atomic E-state index is 10.7. The second-order valence-electron chi connectivity index (χ2n) is 3.53. The summed E-state index contributed by atoms with van der Waals surface area (Å²) >= 11 is 1.38. The van der Waals surface area contributed by atoms with Crippen LogP contribution in [0.25, 0.3) is 0 Å². The molecule has 0 aliphatic rings. The average Bonchev–Trinajstić information content (AvgIpc) is 3.01. The molecule has 0 atom stereocenters. The number of methoxy groups -OCH3 is 1. The third-order valence-corrected chi connectivity index (χ3v) is 3.03. The summed E-state index contributed by atoms with van der Waals surface area (Å²) in [6, 6.07) is 11.7. The number of rotatable bonds is 2. The summed E-state index contributed by atoms with van der Waals surface area (Å²) < 4.78 is 4.47. The van der Waals surface area contributed by atoms with Gasteiger partial charge in [-0.15, -0.1) is 11.3 Å². The van der Waals surface area contributed by atoms with Gasteiger partial charge in [0.15, 0.2) is 0 Å². The molecule has 1 aromatic heterocycles. The minimum atomic E-state index is -0.512. The summed E-state index contributed by atoms with van der Waals surface area (Å²) in [6.07, 6.45) is 0. The molecule has 0 fully saturated rings. The quantitative estimate of drug-likeness (QED) is 0.857. The van der Waals surface area contributed by atoms with Crippen molar-refractivity contribution in [2.75, 3.05) is 7.11 Å². The summed E-state index contributed by atoms with van der Waals surface area (Å²) in [6.45, 7) is 0. The first-order valence-corrected chi connectivity index (χ1v) is 6.38. The van der Waals surface area contributed by atoms with E-state index in [1.165, 1.54) is 24.5 Å². The number of benzene rings is 1. The van der Waals surface area contributed by atoms with Crippen molar-refractivity contribution in [1.29, 1.82) is 5.26 Å². The Morgan fingerprint density at radius 3 is 2.55 bits per heavy atom. The number of nitrogens with zero attached hydrogens (tertiary/aromatic N) is 1. The van der Waals surface area contributed by atoms with E-state index in [9.17, 15) is 9.59 Å². The third kappa shape index (κ3) is 4.55. The standard InChI is InChI=1S/C8H6N2O.C6H6O2S/c9-5-6-2-1-3-7(4-6)8(10)11;1-8-6(7)5-3-2-4-9-5/h1-4H,(H2,10,11);2-4H,1H3.